The molecule has 1 aromatic heterocycles. The largest absolute Gasteiger partial charge is 0.415 e. The van der Waals surface area contributed by atoms with Crippen LogP contribution in [0.15, 0.2) is 22.6 Å². The van der Waals surface area contributed by atoms with Gasteiger partial charge in [0.1, 0.15) is 0 Å². The fourth-order valence-electron chi connectivity index (χ4n) is 3.80. The molecule has 0 bridgehead atoms. The molecule has 6 nitrogen and oxygen atoms in total. The maximum absolute atomic E-state index is 12.9. The first kappa shape index (κ1) is 16.6. The molecule has 4 rings (SSSR count). The van der Waals surface area contributed by atoms with Crippen LogP contribution in [0.3, 0.4) is 0 Å². The molecule has 0 N–H and O–H groups in total. The smallest absolute Gasteiger partial charge is 0.314 e. The lowest BCUT2D eigenvalue weighted by atomic mass is 9.84. The van der Waals surface area contributed by atoms with Gasteiger partial charge in [-0.2, -0.15) is 14.0 Å². The summed E-state index contributed by atoms with van der Waals surface area (Å²) in [5.41, 5.74) is 1.79. The van der Waals surface area contributed by atoms with Crippen LogP contribution >= 0.6 is 0 Å². The number of amides is 1. The molecule has 1 saturated carbocycles. The maximum atomic E-state index is 12.9. The molecule has 26 heavy (non-hydrogen) atoms. The summed E-state index contributed by atoms with van der Waals surface area (Å²) in [5.74, 6) is -1.07. The Labute approximate surface area is 148 Å². The molecule has 0 saturated heterocycles. The fraction of sp³-hybridized carbons (Fsp3) is 0.444. The van der Waals surface area contributed by atoms with E-state index in [1.165, 1.54) is 0 Å². The molecule has 0 spiro atoms. The molecule has 1 amide bonds. The highest BCUT2D eigenvalue weighted by Gasteiger charge is 2.38. The molecule has 1 fully saturated rings. The van der Waals surface area contributed by atoms with E-state index in [2.05, 4.69) is 16.3 Å². The molecule has 1 aliphatic heterocycles. The number of rotatable bonds is 3. The lowest BCUT2D eigenvalue weighted by molar-refractivity contribution is 0.0611. The molecular formula is C18H16F2N4O2. The van der Waals surface area contributed by atoms with Gasteiger partial charge in [-0.05, 0) is 30.5 Å². The number of nitrogens with zero attached hydrogens (tertiary/aromatic N) is 4. The predicted octanol–water partition coefficient (Wildman–Crippen LogP) is 3.71. The Hall–Kier alpha value is -2.82. The minimum Gasteiger partial charge on any atom is -0.415 e. The topological polar surface area (TPSA) is 83.0 Å². The first-order chi connectivity index (χ1) is 12.6. The molecule has 134 valence electrons. The van der Waals surface area contributed by atoms with Crippen molar-refractivity contribution >= 4 is 5.91 Å². The normalized spacial score (nSPS) is 22.5. The second-order valence-electron chi connectivity index (χ2n) is 6.64. The quantitative estimate of drug-likeness (QED) is 0.835. The Bertz CT molecular complexity index is 890. The zero-order valence-corrected chi connectivity index (χ0v) is 13.9. The van der Waals surface area contributed by atoms with Gasteiger partial charge in [-0.3, -0.25) is 4.79 Å². The van der Waals surface area contributed by atoms with Gasteiger partial charge in [-0.25, -0.2) is 0 Å². The Morgan fingerprint density at radius 1 is 1.27 bits per heavy atom. The van der Waals surface area contributed by atoms with Crippen molar-refractivity contribution in [3.05, 3.63) is 35.2 Å². The number of halogens is 2. The number of hydrogen-bond donors (Lipinski definition) is 0. The Morgan fingerprint density at radius 3 is 2.81 bits per heavy atom. The van der Waals surface area contributed by atoms with Gasteiger partial charge in [0.2, 0.25) is 5.89 Å². The zero-order chi connectivity index (χ0) is 18.3. The number of alkyl halides is 2. The van der Waals surface area contributed by atoms with E-state index >= 15 is 0 Å². The second-order valence-corrected chi connectivity index (χ2v) is 6.64. The highest BCUT2D eigenvalue weighted by Crippen LogP contribution is 2.35. The van der Waals surface area contributed by atoms with Crippen LogP contribution in [-0.4, -0.2) is 27.0 Å². The second kappa shape index (κ2) is 6.48. The standard InChI is InChI=1S/C18H16F2N4O2/c19-15(20)17-23-22-16(26-17)10-5-6-12-9-24(18(25)13(12)7-10)14-4-2-1-3-11(14)8-21/h5-7,11,14-15H,1-4,9H2. The first-order valence-electron chi connectivity index (χ1n) is 8.54. The number of nitriles is 1. The van der Waals surface area contributed by atoms with Crippen LogP contribution in [0, 0.1) is 17.2 Å². The Kier molecular flexibility index (Phi) is 4.15. The molecule has 2 aliphatic rings. The Morgan fingerprint density at radius 2 is 2.08 bits per heavy atom. The SMILES string of the molecule is N#CC1CCCCC1N1Cc2ccc(-c3nnc(C(F)F)o3)cc2C1=O. The van der Waals surface area contributed by atoms with Gasteiger partial charge in [0, 0.05) is 23.7 Å². The van der Waals surface area contributed by atoms with Crippen molar-refractivity contribution in [2.24, 2.45) is 5.92 Å². The molecule has 2 aromatic rings. The van der Waals surface area contributed by atoms with E-state index < -0.39 is 12.3 Å². The van der Waals surface area contributed by atoms with Gasteiger partial charge in [0.15, 0.2) is 0 Å². The number of carbonyl (C=O) groups excluding carboxylic acids is 1. The summed E-state index contributed by atoms with van der Waals surface area (Å²) in [6.07, 6.45) is 0.818. The molecular weight excluding hydrogens is 342 g/mol. The highest BCUT2D eigenvalue weighted by atomic mass is 19.3. The van der Waals surface area contributed by atoms with Gasteiger partial charge < -0.3 is 9.32 Å². The predicted molar refractivity (Wildman–Crippen MR) is 85.9 cm³/mol. The van der Waals surface area contributed by atoms with E-state index in [1.54, 1.807) is 23.1 Å². The maximum Gasteiger partial charge on any atom is 0.314 e. The number of aromatic nitrogens is 2. The van der Waals surface area contributed by atoms with Crippen molar-refractivity contribution in [1.29, 1.82) is 5.26 Å². The van der Waals surface area contributed by atoms with Crippen LogP contribution in [0.4, 0.5) is 8.78 Å². The van der Waals surface area contributed by atoms with Gasteiger partial charge in [-0.1, -0.05) is 18.9 Å². The number of hydrogen-bond acceptors (Lipinski definition) is 5. The summed E-state index contributed by atoms with van der Waals surface area (Å²) in [5, 5.41) is 16.3. The highest BCUT2D eigenvalue weighted by molar-refractivity contribution is 5.99. The van der Waals surface area contributed by atoms with Gasteiger partial charge in [0.05, 0.1) is 12.0 Å². The third-order valence-corrected chi connectivity index (χ3v) is 5.11. The van der Waals surface area contributed by atoms with E-state index in [4.69, 9.17) is 4.42 Å². The summed E-state index contributed by atoms with van der Waals surface area (Å²) in [6, 6.07) is 7.31. The van der Waals surface area contributed by atoms with Crippen LogP contribution in [0.25, 0.3) is 11.5 Å². The zero-order valence-electron chi connectivity index (χ0n) is 13.9. The third-order valence-electron chi connectivity index (χ3n) is 5.11. The lowest BCUT2D eigenvalue weighted by Gasteiger charge is -2.34. The minimum atomic E-state index is -2.84. The van der Waals surface area contributed by atoms with E-state index in [9.17, 15) is 18.8 Å². The molecule has 1 aromatic carbocycles. The Balaban J connectivity index is 1.62. The van der Waals surface area contributed by atoms with E-state index in [1.807, 2.05) is 0 Å². The average molecular weight is 358 g/mol. The van der Waals surface area contributed by atoms with Crippen LogP contribution in [0.5, 0.6) is 0 Å². The molecule has 8 heteroatoms. The molecule has 2 heterocycles. The summed E-state index contributed by atoms with van der Waals surface area (Å²) < 4.78 is 30.2. The molecule has 2 atom stereocenters. The van der Waals surface area contributed by atoms with Crippen molar-refractivity contribution in [2.75, 3.05) is 0 Å². The van der Waals surface area contributed by atoms with Crippen LogP contribution in [0.2, 0.25) is 0 Å². The monoisotopic (exact) mass is 358 g/mol. The van der Waals surface area contributed by atoms with Crippen molar-refractivity contribution in [3.63, 3.8) is 0 Å². The number of benzene rings is 1. The summed E-state index contributed by atoms with van der Waals surface area (Å²) in [4.78, 5) is 14.6. The summed E-state index contributed by atoms with van der Waals surface area (Å²) >= 11 is 0. The molecule has 1 aliphatic carbocycles. The van der Waals surface area contributed by atoms with E-state index in [0.29, 0.717) is 17.7 Å². The van der Waals surface area contributed by atoms with Gasteiger partial charge in [-0.15, -0.1) is 10.2 Å². The lowest BCUT2D eigenvalue weighted by Crippen LogP contribution is -2.42. The first-order valence-corrected chi connectivity index (χ1v) is 8.54. The van der Waals surface area contributed by atoms with Crippen molar-refractivity contribution < 1.29 is 18.0 Å². The third kappa shape index (κ3) is 2.73. The van der Waals surface area contributed by atoms with Gasteiger partial charge >= 0.3 is 6.43 Å². The van der Waals surface area contributed by atoms with Crippen molar-refractivity contribution in [2.45, 2.75) is 44.7 Å². The fourth-order valence-corrected chi connectivity index (χ4v) is 3.80. The molecule has 2 unspecified atom stereocenters. The van der Waals surface area contributed by atoms with Crippen LogP contribution < -0.4 is 0 Å². The van der Waals surface area contributed by atoms with Crippen molar-refractivity contribution in [1.82, 2.24) is 15.1 Å². The van der Waals surface area contributed by atoms with Gasteiger partial charge in [0.25, 0.3) is 11.8 Å². The summed E-state index contributed by atoms with van der Waals surface area (Å²) in [7, 11) is 0. The van der Waals surface area contributed by atoms with Crippen LogP contribution in [-0.2, 0) is 6.54 Å². The number of fused-ring (bicyclic) bond motifs is 1. The summed E-state index contributed by atoms with van der Waals surface area (Å²) in [6.45, 7) is 0.462. The molecule has 0 radical (unpaired) electrons. The number of carbonyl (C=O) groups is 1. The van der Waals surface area contributed by atoms with E-state index in [-0.39, 0.29) is 23.8 Å². The van der Waals surface area contributed by atoms with Crippen molar-refractivity contribution in [3.8, 4) is 17.5 Å². The minimum absolute atomic E-state index is 0.0399. The van der Waals surface area contributed by atoms with Crippen LogP contribution in [0.1, 0.15) is 53.9 Å². The average Bonchev–Trinajstić information content (AvgIpc) is 3.27. The van der Waals surface area contributed by atoms with E-state index in [0.717, 1.165) is 31.2 Å².